The Kier molecular flexibility index (Phi) is 3.90. The first kappa shape index (κ1) is 12.9. The number of hydrogen-bond donors (Lipinski definition) is 0. The van der Waals surface area contributed by atoms with Gasteiger partial charge in [-0.05, 0) is 49.9 Å². The molecule has 0 spiro atoms. The lowest BCUT2D eigenvalue weighted by molar-refractivity contribution is -0.146. The van der Waals surface area contributed by atoms with Crippen LogP contribution in [0.25, 0.3) is 0 Å². The van der Waals surface area contributed by atoms with Crippen LogP contribution in [0.3, 0.4) is 0 Å². The molecular weight excluding hydrogens is 226 g/mol. The van der Waals surface area contributed by atoms with Crippen molar-refractivity contribution in [2.24, 2.45) is 5.92 Å². The molecule has 98 valence electrons. The maximum absolute atomic E-state index is 11.5. The van der Waals surface area contributed by atoms with Gasteiger partial charge in [-0.2, -0.15) is 0 Å². The van der Waals surface area contributed by atoms with Crippen molar-refractivity contribution in [2.45, 2.75) is 26.7 Å². The van der Waals surface area contributed by atoms with E-state index in [0.29, 0.717) is 0 Å². The number of carbonyl (C=O) groups excluding carboxylic acids is 1. The van der Waals surface area contributed by atoms with Crippen molar-refractivity contribution in [1.82, 2.24) is 0 Å². The van der Waals surface area contributed by atoms with Crippen LogP contribution >= 0.6 is 0 Å². The topological polar surface area (TPSA) is 29.5 Å². The largest absolute Gasteiger partial charge is 0.469 e. The molecule has 1 aliphatic rings. The maximum atomic E-state index is 11.5. The van der Waals surface area contributed by atoms with Crippen LogP contribution in [-0.4, -0.2) is 26.2 Å². The summed E-state index contributed by atoms with van der Waals surface area (Å²) in [6, 6.07) is 6.56. The molecular formula is C15H21NO2. The van der Waals surface area contributed by atoms with E-state index in [1.165, 1.54) is 23.9 Å². The van der Waals surface area contributed by atoms with Crippen molar-refractivity contribution in [3.63, 3.8) is 0 Å². The number of esters is 1. The van der Waals surface area contributed by atoms with Crippen LogP contribution in [0.5, 0.6) is 0 Å². The van der Waals surface area contributed by atoms with E-state index in [1.54, 1.807) is 0 Å². The van der Waals surface area contributed by atoms with Gasteiger partial charge in [-0.3, -0.25) is 4.79 Å². The van der Waals surface area contributed by atoms with Crippen LogP contribution in [0.1, 0.15) is 24.0 Å². The standard InChI is InChI=1S/C15H21NO2/c1-11-4-5-14(10-12(11)2)16-8-6-13(7-9-16)15(17)18-3/h4-5,10,13H,6-9H2,1-3H3. The van der Waals surface area contributed by atoms with Crippen molar-refractivity contribution >= 4 is 11.7 Å². The number of carbonyl (C=O) groups is 1. The zero-order valence-corrected chi connectivity index (χ0v) is 11.4. The molecule has 0 unspecified atom stereocenters. The summed E-state index contributed by atoms with van der Waals surface area (Å²) < 4.78 is 4.81. The third-order valence-corrected chi connectivity index (χ3v) is 3.89. The number of aryl methyl sites for hydroxylation is 2. The Labute approximate surface area is 109 Å². The Hall–Kier alpha value is -1.51. The number of methoxy groups -OCH3 is 1. The molecule has 1 saturated heterocycles. The SMILES string of the molecule is COC(=O)C1CCN(c2ccc(C)c(C)c2)CC1. The third-order valence-electron chi connectivity index (χ3n) is 3.89. The second-order valence-corrected chi connectivity index (χ2v) is 5.05. The van der Waals surface area contributed by atoms with Gasteiger partial charge in [0, 0.05) is 18.8 Å². The number of hydrogen-bond acceptors (Lipinski definition) is 3. The van der Waals surface area contributed by atoms with Crippen molar-refractivity contribution in [3.8, 4) is 0 Å². The van der Waals surface area contributed by atoms with Crippen LogP contribution in [0, 0.1) is 19.8 Å². The Morgan fingerprint density at radius 3 is 2.44 bits per heavy atom. The average molecular weight is 247 g/mol. The molecule has 3 nitrogen and oxygen atoms in total. The molecule has 18 heavy (non-hydrogen) atoms. The monoisotopic (exact) mass is 247 g/mol. The normalized spacial score (nSPS) is 16.7. The minimum atomic E-state index is -0.0604. The van der Waals surface area contributed by atoms with Crippen LogP contribution in [0.4, 0.5) is 5.69 Å². The molecule has 1 fully saturated rings. The first-order valence-corrected chi connectivity index (χ1v) is 6.52. The summed E-state index contributed by atoms with van der Waals surface area (Å²) in [5.74, 6) is 0.0209. The number of anilines is 1. The number of piperidine rings is 1. The Bertz CT molecular complexity index is 434. The lowest BCUT2D eigenvalue weighted by Crippen LogP contribution is -2.36. The van der Waals surface area contributed by atoms with Crippen LogP contribution in [0.15, 0.2) is 18.2 Å². The van der Waals surface area contributed by atoms with Crippen molar-refractivity contribution in [2.75, 3.05) is 25.1 Å². The number of rotatable bonds is 2. The highest BCUT2D eigenvalue weighted by molar-refractivity contribution is 5.72. The highest BCUT2D eigenvalue weighted by Gasteiger charge is 2.25. The fraction of sp³-hybridized carbons (Fsp3) is 0.533. The average Bonchev–Trinajstić information content (AvgIpc) is 2.41. The van der Waals surface area contributed by atoms with Crippen LogP contribution in [0.2, 0.25) is 0 Å². The molecule has 0 amide bonds. The molecule has 1 aliphatic heterocycles. The predicted octanol–water partition coefficient (Wildman–Crippen LogP) is 2.69. The molecule has 0 bridgehead atoms. The molecule has 1 aromatic rings. The molecule has 1 heterocycles. The molecule has 3 heteroatoms. The van der Waals surface area contributed by atoms with E-state index in [1.807, 2.05) is 0 Å². The van der Waals surface area contributed by atoms with Gasteiger partial charge in [0.25, 0.3) is 0 Å². The van der Waals surface area contributed by atoms with Crippen molar-refractivity contribution < 1.29 is 9.53 Å². The fourth-order valence-corrected chi connectivity index (χ4v) is 2.46. The van der Waals surface area contributed by atoms with Gasteiger partial charge in [-0.25, -0.2) is 0 Å². The van der Waals surface area contributed by atoms with Gasteiger partial charge in [0.2, 0.25) is 0 Å². The molecule has 1 aromatic carbocycles. The fourth-order valence-electron chi connectivity index (χ4n) is 2.46. The predicted molar refractivity (Wildman–Crippen MR) is 72.9 cm³/mol. The summed E-state index contributed by atoms with van der Waals surface area (Å²) in [6.45, 7) is 6.13. The molecule has 2 rings (SSSR count). The third kappa shape index (κ3) is 2.66. The smallest absolute Gasteiger partial charge is 0.308 e. The molecule has 0 atom stereocenters. The molecule has 0 N–H and O–H groups in total. The lowest BCUT2D eigenvalue weighted by atomic mass is 9.96. The minimum absolute atomic E-state index is 0.0604. The first-order chi connectivity index (χ1) is 8.61. The number of ether oxygens (including phenoxy) is 1. The summed E-state index contributed by atoms with van der Waals surface area (Å²) in [7, 11) is 1.47. The summed E-state index contributed by atoms with van der Waals surface area (Å²) in [6.07, 6.45) is 1.78. The Morgan fingerprint density at radius 1 is 1.22 bits per heavy atom. The van der Waals surface area contributed by atoms with Gasteiger partial charge < -0.3 is 9.64 Å². The summed E-state index contributed by atoms with van der Waals surface area (Å²) in [4.78, 5) is 13.8. The highest BCUT2D eigenvalue weighted by atomic mass is 16.5. The van der Waals surface area contributed by atoms with E-state index < -0.39 is 0 Å². The zero-order chi connectivity index (χ0) is 13.1. The van der Waals surface area contributed by atoms with Gasteiger partial charge in [0.1, 0.15) is 0 Å². The van der Waals surface area contributed by atoms with Crippen LogP contribution < -0.4 is 4.90 Å². The summed E-state index contributed by atoms with van der Waals surface area (Å²) in [5.41, 5.74) is 3.91. The van der Waals surface area contributed by atoms with E-state index in [4.69, 9.17) is 4.74 Å². The minimum Gasteiger partial charge on any atom is -0.469 e. The first-order valence-electron chi connectivity index (χ1n) is 6.52. The summed E-state index contributed by atoms with van der Waals surface area (Å²) in [5, 5.41) is 0. The van der Waals surface area contributed by atoms with E-state index in [9.17, 15) is 4.79 Å². The molecule has 0 radical (unpaired) electrons. The lowest BCUT2D eigenvalue weighted by Gasteiger charge is -2.32. The van der Waals surface area contributed by atoms with Gasteiger partial charge in [-0.15, -0.1) is 0 Å². The van der Waals surface area contributed by atoms with Crippen LogP contribution in [-0.2, 0) is 9.53 Å². The Balaban J connectivity index is 2.01. The number of benzene rings is 1. The van der Waals surface area contributed by atoms with E-state index in [2.05, 4.69) is 36.9 Å². The van der Waals surface area contributed by atoms with E-state index in [-0.39, 0.29) is 11.9 Å². The van der Waals surface area contributed by atoms with Gasteiger partial charge >= 0.3 is 5.97 Å². The summed E-state index contributed by atoms with van der Waals surface area (Å²) >= 11 is 0. The second kappa shape index (κ2) is 5.42. The zero-order valence-electron chi connectivity index (χ0n) is 11.4. The van der Waals surface area contributed by atoms with Crippen molar-refractivity contribution in [1.29, 1.82) is 0 Å². The highest BCUT2D eigenvalue weighted by Crippen LogP contribution is 2.25. The number of nitrogens with zero attached hydrogens (tertiary/aromatic N) is 1. The van der Waals surface area contributed by atoms with Gasteiger partial charge in [0.15, 0.2) is 0 Å². The quantitative estimate of drug-likeness (QED) is 0.753. The molecule has 0 saturated carbocycles. The maximum Gasteiger partial charge on any atom is 0.308 e. The molecule has 0 aromatic heterocycles. The second-order valence-electron chi connectivity index (χ2n) is 5.05. The van der Waals surface area contributed by atoms with Crippen molar-refractivity contribution in [3.05, 3.63) is 29.3 Å². The van der Waals surface area contributed by atoms with E-state index in [0.717, 1.165) is 25.9 Å². The van der Waals surface area contributed by atoms with E-state index >= 15 is 0 Å². The van der Waals surface area contributed by atoms with Gasteiger partial charge in [-0.1, -0.05) is 6.07 Å². The Morgan fingerprint density at radius 2 is 1.89 bits per heavy atom. The molecule has 0 aliphatic carbocycles. The van der Waals surface area contributed by atoms with Gasteiger partial charge in [0.05, 0.1) is 13.0 Å².